The molecule has 2 aromatic carbocycles. The summed E-state index contributed by atoms with van der Waals surface area (Å²) in [6.45, 7) is 6.00. The maximum Gasteiger partial charge on any atom is 0.130 e. The van der Waals surface area contributed by atoms with Crippen LogP contribution in [0.2, 0.25) is 0 Å². The van der Waals surface area contributed by atoms with E-state index in [9.17, 15) is 0 Å². The Labute approximate surface area is 122 Å². The van der Waals surface area contributed by atoms with Gasteiger partial charge >= 0.3 is 0 Å². The second-order valence-electron chi connectivity index (χ2n) is 4.44. The molecule has 0 unspecified atom stereocenters. The first-order valence-corrected chi connectivity index (χ1v) is 7.22. The molecule has 100 valence electrons. The zero-order valence-corrected chi connectivity index (χ0v) is 12.8. The molecular formula is C16H18BrNO. The van der Waals surface area contributed by atoms with E-state index in [0.717, 1.165) is 34.6 Å². The molecule has 2 nitrogen and oxygen atoms in total. The lowest BCUT2D eigenvalue weighted by molar-refractivity contribution is 0.477. The Morgan fingerprint density at radius 1 is 1.16 bits per heavy atom. The topological polar surface area (TPSA) is 21.3 Å². The molecule has 0 fully saturated rings. The quantitative estimate of drug-likeness (QED) is 0.865. The lowest BCUT2D eigenvalue weighted by atomic mass is 10.1. The molecule has 0 saturated heterocycles. The number of halogens is 1. The molecule has 0 aliphatic heterocycles. The van der Waals surface area contributed by atoms with E-state index in [-0.39, 0.29) is 0 Å². The number of aryl methyl sites for hydroxylation is 1. The fourth-order valence-corrected chi connectivity index (χ4v) is 2.17. The number of hydrogen-bond donors (Lipinski definition) is 1. The van der Waals surface area contributed by atoms with Crippen molar-refractivity contribution in [1.82, 2.24) is 5.32 Å². The standard InChI is InChI=1S/C16H18BrNO/c1-3-18-11-13-8-7-12(2)16(9-13)19-15-6-4-5-14(17)10-15/h4-10,18H,3,11H2,1-2H3. The van der Waals surface area contributed by atoms with E-state index in [4.69, 9.17) is 4.74 Å². The number of rotatable bonds is 5. The van der Waals surface area contributed by atoms with Crippen molar-refractivity contribution in [3.05, 3.63) is 58.1 Å². The minimum Gasteiger partial charge on any atom is -0.457 e. The SMILES string of the molecule is CCNCc1ccc(C)c(Oc2cccc(Br)c2)c1. The fourth-order valence-electron chi connectivity index (χ4n) is 1.79. The summed E-state index contributed by atoms with van der Waals surface area (Å²) in [5.41, 5.74) is 2.37. The Morgan fingerprint density at radius 3 is 2.74 bits per heavy atom. The van der Waals surface area contributed by atoms with Crippen LogP contribution < -0.4 is 10.1 Å². The van der Waals surface area contributed by atoms with E-state index < -0.39 is 0 Å². The van der Waals surface area contributed by atoms with Gasteiger partial charge in [-0.1, -0.05) is 41.1 Å². The molecule has 0 heterocycles. The Morgan fingerprint density at radius 2 is 2.00 bits per heavy atom. The second kappa shape index (κ2) is 6.73. The van der Waals surface area contributed by atoms with Crippen LogP contribution in [0.15, 0.2) is 46.9 Å². The molecule has 1 N–H and O–H groups in total. The van der Waals surface area contributed by atoms with Crippen molar-refractivity contribution in [2.45, 2.75) is 20.4 Å². The van der Waals surface area contributed by atoms with E-state index in [1.54, 1.807) is 0 Å². The lowest BCUT2D eigenvalue weighted by Crippen LogP contribution is -2.11. The van der Waals surface area contributed by atoms with Crippen molar-refractivity contribution in [1.29, 1.82) is 0 Å². The van der Waals surface area contributed by atoms with Crippen molar-refractivity contribution in [2.75, 3.05) is 6.54 Å². The highest BCUT2D eigenvalue weighted by molar-refractivity contribution is 9.10. The van der Waals surface area contributed by atoms with Gasteiger partial charge in [-0.05, 0) is 48.9 Å². The normalized spacial score (nSPS) is 10.5. The molecular weight excluding hydrogens is 302 g/mol. The molecule has 0 atom stereocenters. The summed E-state index contributed by atoms with van der Waals surface area (Å²) < 4.78 is 6.97. The average Bonchev–Trinajstić information content (AvgIpc) is 2.40. The summed E-state index contributed by atoms with van der Waals surface area (Å²) in [4.78, 5) is 0. The summed E-state index contributed by atoms with van der Waals surface area (Å²) in [6, 6.07) is 14.2. The lowest BCUT2D eigenvalue weighted by Gasteiger charge is -2.11. The van der Waals surface area contributed by atoms with E-state index in [1.807, 2.05) is 24.3 Å². The highest BCUT2D eigenvalue weighted by Crippen LogP contribution is 2.27. The van der Waals surface area contributed by atoms with Crippen molar-refractivity contribution in [3.8, 4) is 11.5 Å². The van der Waals surface area contributed by atoms with Crippen LogP contribution in [0, 0.1) is 6.92 Å². The molecule has 0 aliphatic rings. The van der Waals surface area contributed by atoms with Crippen LogP contribution >= 0.6 is 15.9 Å². The van der Waals surface area contributed by atoms with E-state index in [2.05, 4.69) is 53.3 Å². The summed E-state index contributed by atoms with van der Waals surface area (Å²) >= 11 is 3.45. The molecule has 0 bridgehead atoms. The van der Waals surface area contributed by atoms with Gasteiger partial charge in [-0.2, -0.15) is 0 Å². The molecule has 0 spiro atoms. The van der Waals surface area contributed by atoms with Gasteiger partial charge in [-0.15, -0.1) is 0 Å². The van der Waals surface area contributed by atoms with Gasteiger partial charge in [0, 0.05) is 11.0 Å². The minimum atomic E-state index is 0.845. The highest BCUT2D eigenvalue weighted by atomic mass is 79.9. The Hall–Kier alpha value is -1.32. The van der Waals surface area contributed by atoms with E-state index >= 15 is 0 Å². The van der Waals surface area contributed by atoms with Gasteiger partial charge in [0.1, 0.15) is 11.5 Å². The van der Waals surface area contributed by atoms with Gasteiger partial charge in [0.2, 0.25) is 0 Å². The van der Waals surface area contributed by atoms with Crippen LogP contribution in [0.25, 0.3) is 0 Å². The Balaban J connectivity index is 2.19. The zero-order chi connectivity index (χ0) is 13.7. The maximum atomic E-state index is 5.95. The molecule has 2 aromatic rings. The molecule has 0 aliphatic carbocycles. The summed E-state index contributed by atoms with van der Waals surface area (Å²) in [7, 11) is 0. The predicted octanol–water partition coefficient (Wildman–Crippen LogP) is 4.66. The van der Waals surface area contributed by atoms with Gasteiger partial charge < -0.3 is 10.1 Å². The van der Waals surface area contributed by atoms with E-state index in [0.29, 0.717) is 0 Å². The van der Waals surface area contributed by atoms with Crippen LogP contribution in [0.1, 0.15) is 18.1 Å². The predicted molar refractivity (Wildman–Crippen MR) is 82.8 cm³/mol. The first-order chi connectivity index (χ1) is 9.19. The third kappa shape index (κ3) is 4.08. The molecule has 2 rings (SSSR count). The van der Waals surface area contributed by atoms with Crippen molar-refractivity contribution in [3.63, 3.8) is 0 Å². The monoisotopic (exact) mass is 319 g/mol. The fraction of sp³-hybridized carbons (Fsp3) is 0.250. The molecule has 0 aromatic heterocycles. The van der Waals surface area contributed by atoms with Crippen LogP contribution in [0.3, 0.4) is 0 Å². The number of hydrogen-bond acceptors (Lipinski definition) is 2. The van der Waals surface area contributed by atoms with Crippen molar-refractivity contribution >= 4 is 15.9 Å². The largest absolute Gasteiger partial charge is 0.457 e. The van der Waals surface area contributed by atoms with Crippen molar-refractivity contribution in [2.24, 2.45) is 0 Å². The smallest absolute Gasteiger partial charge is 0.130 e. The maximum absolute atomic E-state index is 5.95. The van der Waals surface area contributed by atoms with Gasteiger partial charge in [0.25, 0.3) is 0 Å². The zero-order valence-electron chi connectivity index (χ0n) is 11.2. The first-order valence-electron chi connectivity index (χ1n) is 6.42. The van der Waals surface area contributed by atoms with E-state index in [1.165, 1.54) is 5.56 Å². The van der Waals surface area contributed by atoms with Gasteiger partial charge in [-0.3, -0.25) is 0 Å². The van der Waals surface area contributed by atoms with Crippen LogP contribution in [0.4, 0.5) is 0 Å². The highest BCUT2D eigenvalue weighted by Gasteiger charge is 2.03. The van der Waals surface area contributed by atoms with Crippen LogP contribution in [-0.2, 0) is 6.54 Å². The molecule has 0 amide bonds. The third-order valence-corrected chi connectivity index (χ3v) is 3.35. The van der Waals surface area contributed by atoms with Gasteiger partial charge in [-0.25, -0.2) is 0 Å². The summed E-state index contributed by atoms with van der Waals surface area (Å²) in [5, 5.41) is 3.32. The molecule has 0 saturated carbocycles. The van der Waals surface area contributed by atoms with Gasteiger partial charge in [0.15, 0.2) is 0 Å². The molecule has 0 radical (unpaired) electrons. The average molecular weight is 320 g/mol. The van der Waals surface area contributed by atoms with Crippen LogP contribution in [-0.4, -0.2) is 6.54 Å². The van der Waals surface area contributed by atoms with Gasteiger partial charge in [0.05, 0.1) is 0 Å². The first kappa shape index (κ1) is 14.1. The number of ether oxygens (including phenoxy) is 1. The third-order valence-electron chi connectivity index (χ3n) is 2.86. The van der Waals surface area contributed by atoms with Crippen LogP contribution in [0.5, 0.6) is 11.5 Å². The van der Waals surface area contributed by atoms with Crippen molar-refractivity contribution < 1.29 is 4.74 Å². The summed E-state index contributed by atoms with van der Waals surface area (Å²) in [6.07, 6.45) is 0. The summed E-state index contributed by atoms with van der Waals surface area (Å²) in [5.74, 6) is 1.76. The minimum absolute atomic E-state index is 0.845. The second-order valence-corrected chi connectivity index (χ2v) is 5.36. The Kier molecular flexibility index (Phi) is 5.00. The number of nitrogens with one attached hydrogen (secondary N) is 1. The molecule has 3 heteroatoms. The molecule has 19 heavy (non-hydrogen) atoms. The Bertz CT molecular complexity index is 554. The number of benzene rings is 2.